The first kappa shape index (κ1) is 12.5. The normalized spacial score (nSPS) is 10.3. The van der Waals surface area contributed by atoms with Gasteiger partial charge >= 0.3 is 0 Å². The summed E-state index contributed by atoms with van der Waals surface area (Å²) in [5, 5.41) is 3.38. The number of hydrogen-bond acceptors (Lipinski definition) is 2. The fourth-order valence-electron chi connectivity index (χ4n) is 1.91. The van der Waals surface area contributed by atoms with Gasteiger partial charge in [-0.15, -0.1) is 0 Å². The van der Waals surface area contributed by atoms with Gasteiger partial charge in [-0.1, -0.05) is 37.3 Å². The van der Waals surface area contributed by atoms with E-state index in [0.29, 0.717) is 0 Å². The van der Waals surface area contributed by atoms with Gasteiger partial charge in [0.1, 0.15) is 0 Å². The van der Waals surface area contributed by atoms with Gasteiger partial charge in [0.25, 0.3) is 0 Å². The zero-order valence-electron chi connectivity index (χ0n) is 11.0. The van der Waals surface area contributed by atoms with Gasteiger partial charge in [-0.3, -0.25) is 0 Å². The van der Waals surface area contributed by atoms with Crippen LogP contribution in [0, 0.1) is 6.92 Å². The van der Waals surface area contributed by atoms with Crippen molar-refractivity contribution < 1.29 is 0 Å². The molecule has 0 aliphatic carbocycles. The van der Waals surface area contributed by atoms with E-state index in [4.69, 9.17) is 5.73 Å². The third-order valence-electron chi connectivity index (χ3n) is 3.12. The summed E-state index contributed by atoms with van der Waals surface area (Å²) in [5.74, 6) is 0. The Hall–Kier alpha value is -1.96. The molecular weight excluding hydrogens is 220 g/mol. The molecular formula is C16H20N2. The number of rotatable bonds is 4. The Balaban J connectivity index is 2.04. The summed E-state index contributed by atoms with van der Waals surface area (Å²) in [6, 6.07) is 14.7. The summed E-state index contributed by atoms with van der Waals surface area (Å²) in [7, 11) is 0. The van der Waals surface area contributed by atoms with Crippen molar-refractivity contribution in [2.75, 3.05) is 11.1 Å². The first-order chi connectivity index (χ1) is 8.69. The average molecular weight is 240 g/mol. The van der Waals surface area contributed by atoms with E-state index in [-0.39, 0.29) is 0 Å². The van der Waals surface area contributed by atoms with Gasteiger partial charge in [0.05, 0.1) is 11.4 Å². The standard InChI is InChI=1S/C16H20N2/c1-3-13-5-7-14(8-6-13)11-18-16-10-12(2)4-9-15(16)17/h4-10,18H,3,11,17H2,1-2H3. The van der Waals surface area contributed by atoms with Gasteiger partial charge in [0, 0.05) is 6.54 Å². The van der Waals surface area contributed by atoms with Crippen LogP contribution < -0.4 is 11.1 Å². The highest BCUT2D eigenvalue weighted by molar-refractivity contribution is 5.66. The maximum Gasteiger partial charge on any atom is 0.0579 e. The second-order valence-electron chi connectivity index (χ2n) is 4.61. The summed E-state index contributed by atoms with van der Waals surface area (Å²) in [4.78, 5) is 0. The molecule has 2 nitrogen and oxygen atoms in total. The van der Waals surface area contributed by atoms with Crippen molar-refractivity contribution in [3.63, 3.8) is 0 Å². The molecule has 0 atom stereocenters. The van der Waals surface area contributed by atoms with Crippen LogP contribution in [0.25, 0.3) is 0 Å². The van der Waals surface area contributed by atoms with Crippen molar-refractivity contribution in [3.05, 3.63) is 59.2 Å². The van der Waals surface area contributed by atoms with Crippen LogP contribution in [0.1, 0.15) is 23.6 Å². The fourth-order valence-corrected chi connectivity index (χ4v) is 1.91. The van der Waals surface area contributed by atoms with Crippen LogP contribution in [0.15, 0.2) is 42.5 Å². The maximum atomic E-state index is 5.94. The van der Waals surface area contributed by atoms with E-state index in [9.17, 15) is 0 Å². The minimum Gasteiger partial charge on any atom is -0.397 e. The largest absolute Gasteiger partial charge is 0.397 e. The number of nitrogens with one attached hydrogen (secondary N) is 1. The molecule has 0 saturated carbocycles. The second-order valence-corrected chi connectivity index (χ2v) is 4.61. The number of anilines is 2. The van der Waals surface area contributed by atoms with Crippen LogP contribution in [-0.4, -0.2) is 0 Å². The molecule has 0 fully saturated rings. The number of nitrogen functional groups attached to an aromatic ring is 1. The molecule has 0 radical (unpaired) electrons. The molecule has 0 amide bonds. The molecule has 0 aliphatic rings. The van der Waals surface area contributed by atoms with E-state index in [1.54, 1.807) is 0 Å². The Bertz CT molecular complexity index is 515. The molecule has 94 valence electrons. The molecule has 2 aromatic carbocycles. The zero-order valence-corrected chi connectivity index (χ0v) is 11.0. The molecule has 2 heteroatoms. The minimum atomic E-state index is 0.797. The Morgan fingerprint density at radius 1 is 1.00 bits per heavy atom. The Kier molecular flexibility index (Phi) is 3.88. The molecule has 0 aliphatic heterocycles. The van der Waals surface area contributed by atoms with Crippen LogP contribution >= 0.6 is 0 Å². The SMILES string of the molecule is CCc1ccc(CNc2cc(C)ccc2N)cc1. The Labute approximate surface area is 109 Å². The van der Waals surface area contributed by atoms with Gasteiger partial charge < -0.3 is 11.1 Å². The van der Waals surface area contributed by atoms with E-state index < -0.39 is 0 Å². The Morgan fingerprint density at radius 3 is 2.33 bits per heavy atom. The molecule has 2 aromatic rings. The highest BCUT2D eigenvalue weighted by Crippen LogP contribution is 2.20. The molecule has 0 unspecified atom stereocenters. The van der Waals surface area contributed by atoms with E-state index in [1.165, 1.54) is 16.7 Å². The predicted octanol–water partition coefficient (Wildman–Crippen LogP) is 3.75. The lowest BCUT2D eigenvalue weighted by Crippen LogP contribution is -2.02. The van der Waals surface area contributed by atoms with Gasteiger partial charge in [-0.05, 0) is 42.2 Å². The lowest BCUT2D eigenvalue weighted by molar-refractivity contribution is 1.11. The van der Waals surface area contributed by atoms with Crippen LogP contribution in [-0.2, 0) is 13.0 Å². The average Bonchev–Trinajstić information content (AvgIpc) is 2.40. The summed E-state index contributed by atoms with van der Waals surface area (Å²) in [5.41, 5.74) is 11.6. The highest BCUT2D eigenvalue weighted by Gasteiger charge is 1.99. The third kappa shape index (κ3) is 3.04. The van der Waals surface area contributed by atoms with Crippen LogP contribution in [0.3, 0.4) is 0 Å². The van der Waals surface area contributed by atoms with E-state index in [2.05, 4.69) is 49.5 Å². The second kappa shape index (κ2) is 5.58. The van der Waals surface area contributed by atoms with Crippen molar-refractivity contribution in [2.24, 2.45) is 0 Å². The Morgan fingerprint density at radius 2 is 1.67 bits per heavy atom. The molecule has 0 aromatic heterocycles. The summed E-state index contributed by atoms with van der Waals surface area (Å²) < 4.78 is 0. The number of hydrogen-bond donors (Lipinski definition) is 2. The quantitative estimate of drug-likeness (QED) is 0.799. The van der Waals surface area contributed by atoms with Crippen LogP contribution in [0.4, 0.5) is 11.4 Å². The molecule has 0 spiro atoms. The lowest BCUT2D eigenvalue weighted by atomic mass is 10.1. The summed E-state index contributed by atoms with van der Waals surface area (Å²) in [6.45, 7) is 5.04. The van der Waals surface area contributed by atoms with Crippen LogP contribution in [0.5, 0.6) is 0 Å². The fraction of sp³-hybridized carbons (Fsp3) is 0.250. The predicted molar refractivity (Wildman–Crippen MR) is 78.7 cm³/mol. The van der Waals surface area contributed by atoms with Crippen molar-refractivity contribution in [2.45, 2.75) is 26.8 Å². The number of benzene rings is 2. The van der Waals surface area contributed by atoms with Crippen molar-refractivity contribution in [1.82, 2.24) is 0 Å². The van der Waals surface area contributed by atoms with Crippen LogP contribution in [0.2, 0.25) is 0 Å². The zero-order chi connectivity index (χ0) is 13.0. The summed E-state index contributed by atoms with van der Waals surface area (Å²) >= 11 is 0. The van der Waals surface area contributed by atoms with Crippen molar-refractivity contribution in [3.8, 4) is 0 Å². The van der Waals surface area contributed by atoms with Gasteiger partial charge in [-0.2, -0.15) is 0 Å². The first-order valence-corrected chi connectivity index (χ1v) is 6.37. The molecule has 18 heavy (non-hydrogen) atoms. The highest BCUT2D eigenvalue weighted by atomic mass is 14.9. The smallest absolute Gasteiger partial charge is 0.0579 e. The molecule has 2 rings (SSSR count). The topological polar surface area (TPSA) is 38.0 Å². The number of nitrogens with two attached hydrogens (primary N) is 1. The lowest BCUT2D eigenvalue weighted by Gasteiger charge is -2.10. The van der Waals surface area contributed by atoms with Gasteiger partial charge in [0.15, 0.2) is 0 Å². The molecule has 0 saturated heterocycles. The number of aryl methyl sites for hydroxylation is 2. The van der Waals surface area contributed by atoms with Crippen molar-refractivity contribution in [1.29, 1.82) is 0 Å². The minimum absolute atomic E-state index is 0.797. The van der Waals surface area contributed by atoms with E-state index >= 15 is 0 Å². The first-order valence-electron chi connectivity index (χ1n) is 6.37. The van der Waals surface area contributed by atoms with Gasteiger partial charge in [0.2, 0.25) is 0 Å². The van der Waals surface area contributed by atoms with E-state index in [0.717, 1.165) is 24.3 Å². The van der Waals surface area contributed by atoms with E-state index in [1.807, 2.05) is 12.1 Å². The monoisotopic (exact) mass is 240 g/mol. The summed E-state index contributed by atoms with van der Waals surface area (Å²) in [6.07, 6.45) is 1.08. The molecule has 3 N–H and O–H groups in total. The molecule has 0 heterocycles. The maximum absolute atomic E-state index is 5.94. The van der Waals surface area contributed by atoms with Gasteiger partial charge in [-0.25, -0.2) is 0 Å². The molecule has 0 bridgehead atoms. The van der Waals surface area contributed by atoms with Crippen molar-refractivity contribution >= 4 is 11.4 Å². The third-order valence-corrected chi connectivity index (χ3v) is 3.12.